The molecule has 2 aromatic heterocycles. The lowest BCUT2D eigenvalue weighted by atomic mass is 10.6. The molecule has 15 heavy (non-hydrogen) atoms. The number of hydrogen-bond donors (Lipinski definition) is 1. The molecule has 0 saturated heterocycles. The summed E-state index contributed by atoms with van der Waals surface area (Å²) in [6.07, 6.45) is 3.56. The molecule has 6 heteroatoms. The molecule has 78 valence electrons. The van der Waals surface area contributed by atoms with Crippen LogP contribution in [0.25, 0.3) is 0 Å². The van der Waals surface area contributed by atoms with Crippen molar-refractivity contribution in [2.45, 2.75) is 13.5 Å². The summed E-state index contributed by atoms with van der Waals surface area (Å²) in [4.78, 5) is 12.6. The summed E-state index contributed by atoms with van der Waals surface area (Å²) in [5.41, 5.74) is 1.06. The highest BCUT2D eigenvalue weighted by atomic mass is 127. The quantitative estimate of drug-likeness (QED) is 0.878. The van der Waals surface area contributed by atoms with Gasteiger partial charge in [-0.2, -0.15) is 0 Å². The van der Waals surface area contributed by atoms with Crippen molar-refractivity contribution in [1.29, 1.82) is 0 Å². The van der Waals surface area contributed by atoms with E-state index in [-0.39, 0.29) is 0 Å². The molecule has 0 aromatic carbocycles. The Labute approximate surface area is 105 Å². The van der Waals surface area contributed by atoms with E-state index in [2.05, 4.69) is 42.9 Å². The first-order valence-corrected chi connectivity index (χ1v) is 6.32. The van der Waals surface area contributed by atoms with Crippen molar-refractivity contribution in [1.82, 2.24) is 15.0 Å². The number of anilines is 1. The van der Waals surface area contributed by atoms with E-state index in [0.29, 0.717) is 12.5 Å². The van der Waals surface area contributed by atoms with Gasteiger partial charge in [0, 0.05) is 27.0 Å². The molecule has 1 N–H and O–H groups in total. The Hall–Kier alpha value is -0.760. The Morgan fingerprint density at radius 2 is 2.13 bits per heavy atom. The number of halogens is 1. The highest BCUT2D eigenvalue weighted by Crippen LogP contribution is 2.10. The maximum atomic E-state index is 4.34. The van der Waals surface area contributed by atoms with Gasteiger partial charge in [-0.05, 0) is 29.5 Å². The van der Waals surface area contributed by atoms with E-state index in [9.17, 15) is 0 Å². The Bertz CT molecular complexity index is 440. The molecule has 2 rings (SSSR count). The second kappa shape index (κ2) is 4.84. The molecule has 0 aliphatic carbocycles. The molecule has 0 radical (unpaired) electrons. The standard InChI is InChI=1S/C9H9IN4S/c1-6-5-15-8(14-6)4-13-9-11-2-7(10)3-12-9/h2-3,5H,4H2,1H3,(H,11,12,13). The van der Waals surface area contributed by atoms with Gasteiger partial charge in [0.15, 0.2) is 0 Å². The summed E-state index contributed by atoms with van der Waals surface area (Å²) in [5, 5.41) is 6.21. The fourth-order valence-electron chi connectivity index (χ4n) is 1.04. The number of rotatable bonds is 3. The van der Waals surface area contributed by atoms with Crippen LogP contribution in [0.1, 0.15) is 10.7 Å². The first-order valence-electron chi connectivity index (χ1n) is 4.36. The molecule has 0 unspecified atom stereocenters. The monoisotopic (exact) mass is 332 g/mol. The van der Waals surface area contributed by atoms with Gasteiger partial charge in [-0.3, -0.25) is 0 Å². The van der Waals surface area contributed by atoms with Gasteiger partial charge in [0.1, 0.15) is 5.01 Å². The first kappa shape index (κ1) is 10.7. The molecular weight excluding hydrogens is 323 g/mol. The van der Waals surface area contributed by atoms with Crippen LogP contribution >= 0.6 is 33.9 Å². The number of nitrogens with one attached hydrogen (secondary N) is 1. The zero-order valence-electron chi connectivity index (χ0n) is 8.07. The Morgan fingerprint density at radius 1 is 1.40 bits per heavy atom. The molecule has 0 spiro atoms. The minimum absolute atomic E-state index is 0.642. The van der Waals surface area contributed by atoms with Crippen molar-refractivity contribution in [3.05, 3.63) is 32.0 Å². The van der Waals surface area contributed by atoms with E-state index >= 15 is 0 Å². The fraction of sp³-hybridized carbons (Fsp3) is 0.222. The summed E-state index contributed by atoms with van der Waals surface area (Å²) >= 11 is 3.82. The van der Waals surface area contributed by atoms with Crippen molar-refractivity contribution in [3.63, 3.8) is 0 Å². The Kier molecular flexibility index (Phi) is 3.47. The van der Waals surface area contributed by atoms with Gasteiger partial charge in [-0.1, -0.05) is 0 Å². The van der Waals surface area contributed by atoms with Crippen LogP contribution in [0.2, 0.25) is 0 Å². The number of hydrogen-bond acceptors (Lipinski definition) is 5. The predicted octanol–water partition coefficient (Wildman–Crippen LogP) is 2.46. The van der Waals surface area contributed by atoms with E-state index in [0.717, 1.165) is 14.3 Å². The average molecular weight is 332 g/mol. The summed E-state index contributed by atoms with van der Waals surface area (Å²) in [7, 11) is 0. The van der Waals surface area contributed by atoms with Gasteiger partial charge < -0.3 is 5.32 Å². The van der Waals surface area contributed by atoms with Crippen molar-refractivity contribution >= 4 is 39.9 Å². The third-order valence-electron chi connectivity index (χ3n) is 1.68. The third kappa shape index (κ3) is 3.10. The molecule has 0 fully saturated rings. The van der Waals surface area contributed by atoms with Gasteiger partial charge in [-0.25, -0.2) is 15.0 Å². The van der Waals surface area contributed by atoms with Gasteiger partial charge in [0.25, 0.3) is 0 Å². The molecule has 0 bridgehead atoms. The molecule has 2 aromatic rings. The highest BCUT2D eigenvalue weighted by Gasteiger charge is 1.99. The minimum Gasteiger partial charge on any atom is -0.348 e. The molecule has 0 atom stereocenters. The molecule has 0 amide bonds. The largest absolute Gasteiger partial charge is 0.348 e. The SMILES string of the molecule is Cc1csc(CNc2ncc(I)cn2)n1. The highest BCUT2D eigenvalue weighted by molar-refractivity contribution is 14.1. The second-order valence-corrected chi connectivity index (χ2v) is 5.15. The fourth-order valence-corrected chi connectivity index (χ4v) is 2.03. The van der Waals surface area contributed by atoms with Gasteiger partial charge in [-0.15, -0.1) is 11.3 Å². The summed E-state index contributed by atoms with van der Waals surface area (Å²) in [5.74, 6) is 0.642. The van der Waals surface area contributed by atoms with Crippen LogP contribution in [0, 0.1) is 10.5 Å². The maximum Gasteiger partial charge on any atom is 0.222 e. The molecule has 0 aliphatic rings. The predicted molar refractivity (Wildman–Crippen MR) is 68.9 cm³/mol. The zero-order chi connectivity index (χ0) is 10.7. The first-order chi connectivity index (χ1) is 7.24. The van der Waals surface area contributed by atoms with E-state index in [1.54, 1.807) is 23.7 Å². The van der Waals surface area contributed by atoms with Crippen LogP contribution in [-0.4, -0.2) is 15.0 Å². The number of nitrogens with zero attached hydrogens (tertiary/aromatic N) is 3. The molecule has 4 nitrogen and oxygen atoms in total. The Balaban J connectivity index is 1.96. The second-order valence-electron chi connectivity index (χ2n) is 2.96. The summed E-state index contributed by atoms with van der Waals surface area (Å²) in [6.45, 7) is 2.67. The molecular formula is C9H9IN4S. The maximum absolute atomic E-state index is 4.34. The lowest BCUT2D eigenvalue weighted by Gasteiger charge is -2.00. The van der Waals surface area contributed by atoms with Crippen LogP contribution in [-0.2, 0) is 6.54 Å². The van der Waals surface area contributed by atoms with Crippen LogP contribution in [0.4, 0.5) is 5.95 Å². The minimum atomic E-state index is 0.642. The van der Waals surface area contributed by atoms with Crippen LogP contribution in [0.15, 0.2) is 17.8 Å². The van der Waals surface area contributed by atoms with Gasteiger partial charge in [0.05, 0.1) is 6.54 Å². The topological polar surface area (TPSA) is 50.7 Å². The molecule has 2 heterocycles. The van der Waals surface area contributed by atoms with Crippen LogP contribution < -0.4 is 5.32 Å². The number of aryl methyl sites for hydroxylation is 1. The van der Waals surface area contributed by atoms with Gasteiger partial charge >= 0.3 is 0 Å². The molecule has 0 aliphatic heterocycles. The lowest BCUT2D eigenvalue weighted by Crippen LogP contribution is -2.03. The van der Waals surface area contributed by atoms with E-state index in [1.165, 1.54) is 0 Å². The van der Waals surface area contributed by atoms with Crippen molar-refractivity contribution in [2.75, 3.05) is 5.32 Å². The van der Waals surface area contributed by atoms with Crippen molar-refractivity contribution in [3.8, 4) is 0 Å². The number of thiazole rings is 1. The van der Waals surface area contributed by atoms with E-state index < -0.39 is 0 Å². The van der Waals surface area contributed by atoms with Gasteiger partial charge in [0.2, 0.25) is 5.95 Å². The summed E-state index contributed by atoms with van der Waals surface area (Å²) in [6, 6.07) is 0. The number of aromatic nitrogens is 3. The molecule has 0 saturated carbocycles. The average Bonchev–Trinajstić information content (AvgIpc) is 2.64. The normalized spacial score (nSPS) is 10.3. The van der Waals surface area contributed by atoms with Crippen molar-refractivity contribution in [2.24, 2.45) is 0 Å². The lowest BCUT2D eigenvalue weighted by molar-refractivity contribution is 1.02. The van der Waals surface area contributed by atoms with E-state index in [4.69, 9.17) is 0 Å². The zero-order valence-corrected chi connectivity index (χ0v) is 11.0. The van der Waals surface area contributed by atoms with Crippen molar-refractivity contribution < 1.29 is 0 Å². The Morgan fingerprint density at radius 3 is 2.73 bits per heavy atom. The van der Waals surface area contributed by atoms with Crippen LogP contribution in [0.3, 0.4) is 0 Å². The smallest absolute Gasteiger partial charge is 0.222 e. The van der Waals surface area contributed by atoms with Crippen LogP contribution in [0.5, 0.6) is 0 Å². The summed E-state index contributed by atoms with van der Waals surface area (Å²) < 4.78 is 1.03. The van der Waals surface area contributed by atoms with E-state index in [1.807, 2.05) is 12.3 Å². The third-order valence-corrected chi connectivity index (χ3v) is 3.21.